The molecule has 0 saturated heterocycles. The van der Waals surface area contributed by atoms with E-state index in [0.29, 0.717) is 11.5 Å². The number of nitrogens with zero attached hydrogens (tertiary/aromatic N) is 1. The van der Waals surface area contributed by atoms with Crippen LogP contribution in [0.4, 0.5) is 10.8 Å². The second-order valence-corrected chi connectivity index (χ2v) is 8.19. The van der Waals surface area contributed by atoms with Gasteiger partial charge in [0.25, 0.3) is 0 Å². The first-order valence-electron chi connectivity index (χ1n) is 6.26. The zero-order chi connectivity index (χ0) is 14.8. The van der Waals surface area contributed by atoms with Crippen LogP contribution < -0.4 is 11.1 Å². The standard InChI is InChI=1S/C12H17N3O2S3/c1-3-8-5-6-18-9(8)7-14-12-10(11(13)15-19-12)20(16,17)4-2/h5-6,14H,3-4,7H2,1-2H3,(H2,13,15). The van der Waals surface area contributed by atoms with Crippen molar-refractivity contribution in [3.8, 4) is 0 Å². The third-order valence-corrected chi connectivity index (χ3v) is 6.70. The van der Waals surface area contributed by atoms with Crippen molar-refractivity contribution in [1.29, 1.82) is 0 Å². The fourth-order valence-corrected chi connectivity index (χ4v) is 4.93. The van der Waals surface area contributed by atoms with E-state index in [-0.39, 0.29) is 16.5 Å². The van der Waals surface area contributed by atoms with E-state index in [1.165, 1.54) is 10.4 Å². The van der Waals surface area contributed by atoms with Crippen LogP contribution in [0, 0.1) is 0 Å². The van der Waals surface area contributed by atoms with Gasteiger partial charge in [0, 0.05) is 4.88 Å². The number of hydrogen-bond donors (Lipinski definition) is 2. The lowest BCUT2D eigenvalue weighted by Crippen LogP contribution is -2.09. The quantitative estimate of drug-likeness (QED) is 0.850. The molecule has 0 unspecified atom stereocenters. The molecule has 0 bridgehead atoms. The van der Waals surface area contributed by atoms with Crippen molar-refractivity contribution in [3.05, 3.63) is 21.9 Å². The number of thiophene rings is 1. The molecule has 2 aromatic heterocycles. The van der Waals surface area contributed by atoms with E-state index in [0.717, 1.165) is 18.0 Å². The van der Waals surface area contributed by atoms with E-state index < -0.39 is 9.84 Å². The predicted molar refractivity (Wildman–Crippen MR) is 85.3 cm³/mol. The fraction of sp³-hybridized carbons (Fsp3) is 0.417. The number of aryl methyl sites for hydroxylation is 1. The van der Waals surface area contributed by atoms with Gasteiger partial charge in [-0.3, -0.25) is 0 Å². The Balaban J connectivity index is 2.23. The zero-order valence-corrected chi connectivity index (χ0v) is 13.8. The van der Waals surface area contributed by atoms with Crippen molar-refractivity contribution >= 4 is 43.5 Å². The summed E-state index contributed by atoms with van der Waals surface area (Å²) >= 11 is 2.75. The van der Waals surface area contributed by atoms with Crippen molar-refractivity contribution in [2.45, 2.75) is 31.7 Å². The number of aromatic nitrogens is 1. The Hall–Kier alpha value is -1.12. The Kier molecular flexibility index (Phi) is 4.66. The first-order valence-corrected chi connectivity index (χ1v) is 9.57. The molecule has 0 aliphatic heterocycles. The normalized spacial score (nSPS) is 11.7. The van der Waals surface area contributed by atoms with Crippen LogP contribution in [-0.2, 0) is 22.8 Å². The maximum atomic E-state index is 12.0. The van der Waals surface area contributed by atoms with Crippen molar-refractivity contribution in [2.75, 3.05) is 16.8 Å². The Labute approximate surface area is 126 Å². The van der Waals surface area contributed by atoms with Crippen LogP contribution in [0.3, 0.4) is 0 Å². The smallest absolute Gasteiger partial charge is 0.184 e. The Morgan fingerprint density at radius 3 is 2.80 bits per heavy atom. The maximum Gasteiger partial charge on any atom is 0.184 e. The highest BCUT2D eigenvalue weighted by atomic mass is 32.2. The topological polar surface area (TPSA) is 85.1 Å². The number of hydrogen-bond acceptors (Lipinski definition) is 7. The molecule has 0 atom stereocenters. The van der Waals surface area contributed by atoms with Crippen LogP contribution in [0.25, 0.3) is 0 Å². The van der Waals surface area contributed by atoms with Crippen LogP contribution >= 0.6 is 22.9 Å². The van der Waals surface area contributed by atoms with Gasteiger partial charge in [0.1, 0.15) is 9.90 Å². The third kappa shape index (κ3) is 2.97. The molecule has 0 saturated carbocycles. The van der Waals surface area contributed by atoms with Gasteiger partial charge in [0.2, 0.25) is 0 Å². The van der Waals surface area contributed by atoms with E-state index >= 15 is 0 Å². The number of sulfone groups is 1. The molecular weight excluding hydrogens is 314 g/mol. The molecule has 2 heterocycles. The fourth-order valence-electron chi connectivity index (χ4n) is 1.85. The molecule has 0 aliphatic rings. The van der Waals surface area contributed by atoms with E-state index in [1.807, 2.05) is 5.38 Å². The van der Waals surface area contributed by atoms with E-state index in [4.69, 9.17) is 5.73 Å². The first kappa shape index (κ1) is 15.3. The predicted octanol–water partition coefficient (Wildman–Crippen LogP) is 2.75. The first-order chi connectivity index (χ1) is 9.49. The average molecular weight is 331 g/mol. The molecule has 3 N–H and O–H groups in total. The van der Waals surface area contributed by atoms with Gasteiger partial charge in [0.05, 0.1) is 12.3 Å². The lowest BCUT2D eigenvalue weighted by Gasteiger charge is -2.07. The van der Waals surface area contributed by atoms with Gasteiger partial charge in [-0.25, -0.2) is 8.42 Å². The molecule has 5 nitrogen and oxygen atoms in total. The summed E-state index contributed by atoms with van der Waals surface area (Å²) in [5, 5.41) is 5.73. The van der Waals surface area contributed by atoms with Crippen LogP contribution in [0.5, 0.6) is 0 Å². The van der Waals surface area contributed by atoms with E-state index in [9.17, 15) is 8.42 Å². The molecule has 2 aromatic rings. The number of nitrogen functional groups attached to an aromatic ring is 1. The maximum absolute atomic E-state index is 12.0. The zero-order valence-electron chi connectivity index (χ0n) is 11.3. The molecule has 0 amide bonds. The molecule has 0 aromatic carbocycles. The molecule has 8 heteroatoms. The molecule has 20 heavy (non-hydrogen) atoms. The summed E-state index contributed by atoms with van der Waals surface area (Å²) in [6, 6.07) is 2.09. The third-order valence-electron chi connectivity index (χ3n) is 2.99. The highest BCUT2D eigenvalue weighted by Crippen LogP contribution is 2.33. The van der Waals surface area contributed by atoms with Crippen LogP contribution in [-0.4, -0.2) is 18.5 Å². The SMILES string of the molecule is CCc1ccsc1CNc1snc(N)c1S(=O)(=O)CC. The Morgan fingerprint density at radius 2 is 2.15 bits per heavy atom. The summed E-state index contributed by atoms with van der Waals surface area (Å²) in [5.41, 5.74) is 6.97. The Bertz CT molecular complexity index is 689. The van der Waals surface area contributed by atoms with Crippen molar-refractivity contribution in [3.63, 3.8) is 0 Å². The van der Waals surface area contributed by atoms with E-state index in [1.54, 1.807) is 18.3 Å². The van der Waals surface area contributed by atoms with Gasteiger partial charge in [-0.1, -0.05) is 13.8 Å². The highest BCUT2D eigenvalue weighted by Gasteiger charge is 2.23. The highest BCUT2D eigenvalue weighted by molar-refractivity contribution is 7.91. The van der Waals surface area contributed by atoms with Crippen molar-refractivity contribution < 1.29 is 8.42 Å². The summed E-state index contributed by atoms with van der Waals surface area (Å²) in [6.45, 7) is 4.29. The lowest BCUT2D eigenvalue weighted by atomic mass is 10.2. The van der Waals surface area contributed by atoms with Gasteiger partial charge in [-0.15, -0.1) is 11.3 Å². The minimum absolute atomic E-state index is 0.0174. The molecule has 0 spiro atoms. The van der Waals surface area contributed by atoms with Gasteiger partial charge < -0.3 is 11.1 Å². The van der Waals surface area contributed by atoms with Crippen molar-refractivity contribution in [1.82, 2.24) is 4.37 Å². The minimum Gasteiger partial charge on any atom is -0.382 e. The summed E-state index contributed by atoms with van der Waals surface area (Å²) < 4.78 is 28.0. The number of nitrogens with one attached hydrogen (secondary N) is 1. The Morgan fingerprint density at radius 1 is 1.40 bits per heavy atom. The lowest BCUT2D eigenvalue weighted by molar-refractivity contribution is 0.598. The van der Waals surface area contributed by atoms with Gasteiger partial charge in [0.15, 0.2) is 15.7 Å². The molecule has 0 aliphatic carbocycles. The monoisotopic (exact) mass is 331 g/mol. The number of rotatable bonds is 6. The number of nitrogens with two attached hydrogens (primary N) is 1. The summed E-state index contributed by atoms with van der Waals surface area (Å²) in [6.07, 6.45) is 0.964. The second kappa shape index (κ2) is 6.11. The molecule has 0 radical (unpaired) electrons. The van der Waals surface area contributed by atoms with Gasteiger partial charge in [-0.05, 0) is 35.0 Å². The molecule has 110 valence electrons. The van der Waals surface area contributed by atoms with Gasteiger partial charge in [-0.2, -0.15) is 4.37 Å². The van der Waals surface area contributed by atoms with E-state index in [2.05, 4.69) is 22.7 Å². The average Bonchev–Trinajstić information content (AvgIpc) is 3.02. The molecule has 0 fully saturated rings. The molecular formula is C12H17N3O2S3. The summed E-state index contributed by atoms with van der Waals surface area (Å²) in [7, 11) is -3.36. The minimum atomic E-state index is -3.36. The van der Waals surface area contributed by atoms with Crippen molar-refractivity contribution in [2.24, 2.45) is 0 Å². The number of anilines is 2. The van der Waals surface area contributed by atoms with Crippen LogP contribution in [0.2, 0.25) is 0 Å². The summed E-state index contributed by atoms with van der Waals surface area (Å²) in [5.74, 6) is 0.102. The molecule has 2 rings (SSSR count). The second-order valence-electron chi connectivity index (χ2n) is 4.21. The summed E-state index contributed by atoms with van der Waals surface area (Å²) in [4.78, 5) is 1.35. The van der Waals surface area contributed by atoms with Gasteiger partial charge >= 0.3 is 0 Å². The van der Waals surface area contributed by atoms with Crippen LogP contribution in [0.1, 0.15) is 24.3 Å². The largest absolute Gasteiger partial charge is 0.382 e. The van der Waals surface area contributed by atoms with Crippen LogP contribution in [0.15, 0.2) is 16.3 Å².